The van der Waals surface area contributed by atoms with Crippen LogP contribution in [0.25, 0.3) is 0 Å². The summed E-state index contributed by atoms with van der Waals surface area (Å²) in [7, 11) is 4.57. The molecule has 300 valence electrons. The standard InChI is InChI=1S/C40H68O12/c1-13-38(35-23(3)19-29(48-35)32-22(2)18-24(4)40(21-41,46-12)51-32)15-14-31(49-38)37(9)16-17-39(52-37)20-30(47-28(8)42)25(5)34(50-39)26(6)33(44-10)27(7)36(43)45-11/h22-27,29-35,41H,13-21H2,1-12H3/t22-,23-,24+,25+,26-,27-,29+,30-,31+,32-,33+,34-,35+,37-,38-,39+,40-/m0/s1. The second-order valence-corrected chi connectivity index (χ2v) is 17.2. The zero-order chi connectivity index (χ0) is 38.4. The Morgan fingerprint density at radius 1 is 0.962 bits per heavy atom. The van der Waals surface area contributed by atoms with Crippen LogP contribution < -0.4 is 0 Å². The molecule has 0 radical (unpaired) electrons. The maximum atomic E-state index is 12.6. The van der Waals surface area contributed by atoms with Gasteiger partial charge in [-0.05, 0) is 64.2 Å². The van der Waals surface area contributed by atoms with Crippen molar-refractivity contribution in [2.75, 3.05) is 27.9 Å². The van der Waals surface area contributed by atoms with Crippen LogP contribution in [0.15, 0.2) is 0 Å². The zero-order valence-electron chi connectivity index (χ0n) is 33.8. The summed E-state index contributed by atoms with van der Waals surface area (Å²) in [6.07, 6.45) is 3.90. The number of aliphatic hydroxyl groups excluding tert-OH is 1. The summed E-state index contributed by atoms with van der Waals surface area (Å²) in [6.45, 7) is 17.9. The fraction of sp³-hybridized carbons (Fsp3) is 0.950. The fourth-order valence-electron chi connectivity index (χ4n) is 10.7. The molecular weight excluding hydrogens is 672 g/mol. The van der Waals surface area contributed by atoms with Crippen LogP contribution in [-0.2, 0) is 52.2 Å². The third-order valence-electron chi connectivity index (χ3n) is 13.8. The van der Waals surface area contributed by atoms with Crippen molar-refractivity contribution >= 4 is 11.9 Å². The van der Waals surface area contributed by atoms with Crippen molar-refractivity contribution in [3.63, 3.8) is 0 Å². The molecule has 5 rings (SSSR count). The number of esters is 2. The van der Waals surface area contributed by atoms with E-state index in [1.54, 1.807) is 21.1 Å². The number of hydrogen-bond donors (Lipinski definition) is 1. The van der Waals surface area contributed by atoms with Crippen LogP contribution in [0.5, 0.6) is 0 Å². The lowest BCUT2D eigenvalue weighted by molar-refractivity contribution is -0.338. The minimum absolute atomic E-state index is 0.0590. The van der Waals surface area contributed by atoms with Crippen LogP contribution >= 0.6 is 0 Å². The second-order valence-electron chi connectivity index (χ2n) is 17.2. The Kier molecular flexibility index (Phi) is 12.9. The Balaban J connectivity index is 1.33. The van der Waals surface area contributed by atoms with Gasteiger partial charge in [-0.2, -0.15) is 0 Å². The van der Waals surface area contributed by atoms with Gasteiger partial charge in [-0.25, -0.2) is 0 Å². The molecule has 0 aromatic carbocycles. The van der Waals surface area contributed by atoms with Gasteiger partial charge in [-0.1, -0.05) is 41.5 Å². The van der Waals surface area contributed by atoms with Gasteiger partial charge in [0.2, 0.25) is 0 Å². The lowest BCUT2D eigenvalue weighted by atomic mass is 9.78. The highest BCUT2D eigenvalue weighted by atomic mass is 16.7. The number of rotatable bonds is 12. The monoisotopic (exact) mass is 740 g/mol. The molecule has 5 aliphatic rings. The van der Waals surface area contributed by atoms with E-state index in [0.29, 0.717) is 19.3 Å². The molecule has 0 aromatic rings. The molecule has 0 aromatic heterocycles. The Morgan fingerprint density at radius 2 is 1.67 bits per heavy atom. The van der Waals surface area contributed by atoms with Crippen molar-refractivity contribution in [2.45, 2.75) is 179 Å². The summed E-state index contributed by atoms with van der Waals surface area (Å²) in [6, 6.07) is 0. The van der Waals surface area contributed by atoms with Crippen LogP contribution in [0.2, 0.25) is 0 Å². The van der Waals surface area contributed by atoms with Crippen molar-refractivity contribution in [2.24, 2.45) is 35.5 Å². The molecule has 0 amide bonds. The van der Waals surface area contributed by atoms with Gasteiger partial charge in [0, 0.05) is 51.7 Å². The summed E-state index contributed by atoms with van der Waals surface area (Å²) < 4.78 is 57.4. The highest BCUT2D eigenvalue weighted by Crippen LogP contribution is 2.55. The van der Waals surface area contributed by atoms with E-state index in [-0.39, 0.29) is 72.6 Å². The Bertz CT molecular complexity index is 1240. The first kappa shape index (κ1) is 41.8. The first-order valence-corrected chi connectivity index (χ1v) is 19.8. The van der Waals surface area contributed by atoms with E-state index in [2.05, 4.69) is 34.6 Å². The van der Waals surface area contributed by atoms with Crippen molar-refractivity contribution in [3.8, 4) is 0 Å². The number of carbonyl (C=O) groups is 2. The minimum Gasteiger partial charge on any atom is -0.469 e. The van der Waals surface area contributed by atoms with Gasteiger partial charge < -0.3 is 47.7 Å². The molecule has 0 unspecified atom stereocenters. The number of hydrogen-bond acceptors (Lipinski definition) is 12. The molecule has 12 nitrogen and oxygen atoms in total. The quantitative estimate of drug-likeness (QED) is 0.250. The molecular formula is C40H68O12. The van der Waals surface area contributed by atoms with Crippen LogP contribution in [0.4, 0.5) is 0 Å². The summed E-state index contributed by atoms with van der Waals surface area (Å²) in [5, 5.41) is 10.3. The maximum Gasteiger partial charge on any atom is 0.311 e. The van der Waals surface area contributed by atoms with Crippen molar-refractivity contribution in [1.29, 1.82) is 0 Å². The summed E-state index contributed by atoms with van der Waals surface area (Å²) in [5.41, 5.74) is -1.14. The summed E-state index contributed by atoms with van der Waals surface area (Å²) >= 11 is 0. The first-order chi connectivity index (χ1) is 24.5. The van der Waals surface area contributed by atoms with Crippen LogP contribution in [0.3, 0.4) is 0 Å². The number of aliphatic hydroxyl groups is 1. The molecule has 5 aliphatic heterocycles. The molecule has 1 N–H and O–H groups in total. The van der Waals surface area contributed by atoms with E-state index in [0.717, 1.165) is 32.1 Å². The van der Waals surface area contributed by atoms with Gasteiger partial charge in [0.25, 0.3) is 0 Å². The average Bonchev–Trinajstić information content (AvgIpc) is 3.82. The van der Waals surface area contributed by atoms with E-state index in [1.165, 1.54) is 14.0 Å². The Morgan fingerprint density at radius 3 is 2.27 bits per heavy atom. The van der Waals surface area contributed by atoms with Gasteiger partial charge in [0.05, 0.1) is 67.5 Å². The lowest BCUT2D eigenvalue weighted by Crippen LogP contribution is -2.57. The SMILES string of the molecule is CC[C@@]1([C@@H]2O[C@@H]([C@H]3O[C@](CO)(OC)[C@H](C)C[C@@H]3C)C[C@@H]2C)CC[C@H]([C@]2(C)CC[C@]3(C[C@H](OC(C)=O)[C@@H](C)[C@@H]([C@@H](C)[C@@H](OC)[C@H](C)C(=O)OC)O3)O2)O1. The smallest absolute Gasteiger partial charge is 0.311 e. The van der Waals surface area contributed by atoms with Crippen LogP contribution in [-0.4, -0.2) is 110 Å². The lowest BCUT2D eigenvalue weighted by Gasteiger charge is -2.49. The van der Waals surface area contributed by atoms with Crippen molar-refractivity contribution in [1.82, 2.24) is 0 Å². The topological polar surface area (TPSA) is 137 Å². The normalized spacial score (nSPS) is 46.9. The number of carbonyl (C=O) groups excluding carboxylic acids is 2. The molecule has 1 spiro atoms. The molecule has 5 heterocycles. The maximum absolute atomic E-state index is 12.6. The molecule has 0 aliphatic carbocycles. The molecule has 5 saturated heterocycles. The largest absolute Gasteiger partial charge is 0.469 e. The van der Waals surface area contributed by atoms with Gasteiger partial charge in [0.1, 0.15) is 6.10 Å². The molecule has 52 heavy (non-hydrogen) atoms. The summed E-state index contributed by atoms with van der Waals surface area (Å²) in [4.78, 5) is 24.9. The fourth-order valence-corrected chi connectivity index (χ4v) is 10.7. The van der Waals surface area contributed by atoms with Crippen LogP contribution in [0, 0.1) is 35.5 Å². The third-order valence-corrected chi connectivity index (χ3v) is 13.8. The van der Waals surface area contributed by atoms with Crippen molar-refractivity contribution < 1.29 is 57.3 Å². The van der Waals surface area contributed by atoms with E-state index >= 15 is 0 Å². The van der Waals surface area contributed by atoms with Crippen molar-refractivity contribution in [3.05, 3.63) is 0 Å². The second kappa shape index (κ2) is 16.0. The van der Waals surface area contributed by atoms with E-state index < -0.39 is 47.0 Å². The molecule has 0 bridgehead atoms. The highest BCUT2D eigenvalue weighted by Gasteiger charge is 2.62. The average molecular weight is 741 g/mol. The summed E-state index contributed by atoms with van der Waals surface area (Å²) in [5.74, 6) is -3.12. The molecule has 17 atom stereocenters. The van der Waals surface area contributed by atoms with E-state index in [9.17, 15) is 14.7 Å². The number of methoxy groups -OCH3 is 3. The van der Waals surface area contributed by atoms with E-state index in [4.69, 9.17) is 42.6 Å². The highest BCUT2D eigenvalue weighted by molar-refractivity contribution is 5.72. The van der Waals surface area contributed by atoms with Gasteiger partial charge >= 0.3 is 11.9 Å². The van der Waals surface area contributed by atoms with Gasteiger partial charge in [-0.15, -0.1) is 0 Å². The number of ether oxygens (including phenoxy) is 9. The molecule has 12 heteroatoms. The predicted molar refractivity (Wildman–Crippen MR) is 191 cm³/mol. The van der Waals surface area contributed by atoms with Gasteiger partial charge in [-0.3, -0.25) is 9.59 Å². The predicted octanol–water partition coefficient (Wildman–Crippen LogP) is 5.59. The van der Waals surface area contributed by atoms with E-state index in [1.807, 2.05) is 13.8 Å². The molecule has 0 saturated carbocycles. The first-order valence-electron chi connectivity index (χ1n) is 19.8. The molecule has 5 fully saturated rings. The Labute approximate surface area is 311 Å². The minimum atomic E-state index is -1.03. The Hall–Kier alpha value is -1.38. The third kappa shape index (κ3) is 7.58. The van der Waals surface area contributed by atoms with Gasteiger partial charge in [0.15, 0.2) is 11.6 Å². The zero-order valence-corrected chi connectivity index (χ0v) is 33.8. The van der Waals surface area contributed by atoms with Crippen LogP contribution in [0.1, 0.15) is 114 Å².